The zero-order chi connectivity index (χ0) is 20.4. The zero-order valence-electron chi connectivity index (χ0n) is 16.5. The first kappa shape index (κ1) is 19.6. The zero-order valence-corrected chi connectivity index (χ0v) is 16.5. The molecule has 1 fully saturated rings. The van der Waals surface area contributed by atoms with Crippen LogP contribution in [-0.2, 0) is 4.74 Å². The van der Waals surface area contributed by atoms with E-state index in [4.69, 9.17) is 10.5 Å². The van der Waals surface area contributed by atoms with E-state index in [1.807, 2.05) is 47.4 Å². The fourth-order valence-corrected chi connectivity index (χ4v) is 4.02. The van der Waals surface area contributed by atoms with Crippen molar-refractivity contribution in [2.24, 2.45) is 5.73 Å². The molecule has 150 valence electrons. The SMILES string of the molecule is Cc1cccc(-c2cccc3c(C(=O)N4CCOC(CCN)C4)cccc23)c1F. The van der Waals surface area contributed by atoms with Crippen LogP contribution in [-0.4, -0.2) is 43.2 Å². The van der Waals surface area contributed by atoms with Crippen LogP contribution < -0.4 is 5.73 Å². The Bertz CT molecular complexity index is 1050. The lowest BCUT2D eigenvalue weighted by Gasteiger charge is -2.33. The van der Waals surface area contributed by atoms with Crippen LogP contribution in [0.2, 0.25) is 0 Å². The fourth-order valence-electron chi connectivity index (χ4n) is 4.02. The summed E-state index contributed by atoms with van der Waals surface area (Å²) in [6, 6.07) is 16.8. The van der Waals surface area contributed by atoms with Gasteiger partial charge in [-0.15, -0.1) is 0 Å². The highest BCUT2D eigenvalue weighted by atomic mass is 19.1. The highest BCUT2D eigenvalue weighted by Crippen LogP contribution is 2.33. The minimum Gasteiger partial charge on any atom is -0.374 e. The number of nitrogens with two attached hydrogens (primary N) is 1. The molecule has 0 radical (unpaired) electrons. The van der Waals surface area contributed by atoms with Crippen molar-refractivity contribution >= 4 is 16.7 Å². The summed E-state index contributed by atoms with van der Waals surface area (Å²) < 4.78 is 20.5. The summed E-state index contributed by atoms with van der Waals surface area (Å²) in [6.07, 6.45) is 0.709. The van der Waals surface area contributed by atoms with Crippen LogP contribution in [0.15, 0.2) is 54.6 Å². The molecular weight excluding hydrogens is 367 g/mol. The van der Waals surface area contributed by atoms with E-state index < -0.39 is 0 Å². The lowest BCUT2D eigenvalue weighted by Crippen LogP contribution is -2.46. The van der Waals surface area contributed by atoms with Gasteiger partial charge in [0, 0.05) is 24.2 Å². The molecule has 1 saturated heterocycles. The molecule has 1 atom stereocenters. The Morgan fingerprint density at radius 2 is 1.83 bits per heavy atom. The van der Waals surface area contributed by atoms with Gasteiger partial charge in [0.05, 0.1) is 12.7 Å². The van der Waals surface area contributed by atoms with Gasteiger partial charge in [-0.25, -0.2) is 4.39 Å². The van der Waals surface area contributed by atoms with Crippen LogP contribution in [0.3, 0.4) is 0 Å². The number of benzene rings is 3. The van der Waals surface area contributed by atoms with Crippen LogP contribution in [0.1, 0.15) is 22.3 Å². The Balaban J connectivity index is 1.75. The number of carbonyl (C=O) groups is 1. The van der Waals surface area contributed by atoms with Crippen molar-refractivity contribution in [2.75, 3.05) is 26.2 Å². The summed E-state index contributed by atoms with van der Waals surface area (Å²) >= 11 is 0. The van der Waals surface area contributed by atoms with Gasteiger partial charge in [0.25, 0.3) is 5.91 Å². The topological polar surface area (TPSA) is 55.6 Å². The molecule has 1 amide bonds. The second kappa shape index (κ2) is 8.31. The first-order chi connectivity index (χ1) is 14.1. The maximum absolute atomic E-state index is 14.8. The lowest BCUT2D eigenvalue weighted by atomic mass is 9.94. The van der Waals surface area contributed by atoms with Gasteiger partial charge in [-0.05, 0) is 47.9 Å². The third-order valence-corrected chi connectivity index (χ3v) is 5.55. The van der Waals surface area contributed by atoms with Gasteiger partial charge >= 0.3 is 0 Å². The van der Waals surface area contributed by atoms with E-state index in [0.717, 1.165) is 22.8 Å². The van der Waals surface area contributed by atoms with E-state index in [-0.39, 0.29) is 17.8 Å². The van der Waals surface area contributed by atoms with Gasteiger partial charge in [0.15, 0.2) is 0 Å². The quantitative estimate of drug-likeness (QED) is 0.726. The summed E-state index contributed by atoms with van der Waals surface area (Å²) in [5.74, 6) is -0.252. The highest BCUT2D eigenvalue weighted by Gasteiger charge is 2.26. The minimum absolute atomic E-state index is 0.0235. The van der Waals surface area contributed by atoms with Crippen molar-refractivity contribution in [3.05, 3.63) is 71.5 Å². The smallest absolute Gasteiger partial charge is 0.254 e. The molecule has 0 aliphatic carbocycles. The standard InChI is InChI=1S/C24H25FN2O2/c1-16-5-2-9-21(23(16)25)19-7-3-8-20-18(19)6-4-10-22(20)24(28)27-13-14-29-17(15-27)11-12-26/h2-10,17H,11-15,26H2,1H3. The van der Waals surface area contributed by atoms with E-state index in [2.05, 4.69) is 0 Å². The van der Waals surface area contributed by atoms with Gasteiger partial charge in [-0.3, -0.25) is 4.79 Å². The highest BCUT2D eigenvalue weighted by molar-refractivity contribution is 6.10. The number of amides is 1. The predicted octanol–water partition coefficient (Wildman–Crippen LogP) is 4.14. The van der Waals surface area contributed by atoms with Crippen LogP contribution in [0, 0.1) is 12.7 Å². The van der Waals surface area contributed by atoms with E-state index in [0.29, 0.717) is 42.9 Å². The number of carbonyl (C=O) groups excluding carboxylic acids is 1. The summed E-state index contributed by atoms with van der Waals surface area (Å²) in [5.41, 5.74) is 8.22. The maximum Gasteiger partial charge on any atom is 0.254 e. The molecule has 0 aromatic heterocycles. The van der Waals surface area contributed by atoms with Crippen LogP contribution >= 0.6 is 0 Å². The first-order valence-corrected chi connectivity index (χ1v) is 9.98. The van der Waals surface area contributed by atoms with Crippen molar-refractivity contribution in [2.45, 2.75) is 19.4 Å². The molecule has 1 aliphatic heterocycles. The van der Waals surface area contributed by atoms with E-state index in [1.54, 1.807) is 19.1 Å². The molecule has 1 unspecified atom stereocenters. The Kier molecular flexibility index (Phi) is 5.60. The number of fused-ring (bicyclic) bond motifs is 1. The molecule has 1 heterocycles. The summed E-state index contributed by atoms with van der Waals surface area (Å²) in [6.45, 7) is 3.91. The summed E-state index contributed by atoms with van der Waals surface area (Å²) in [5, 5.41) is 1.70. The lowest BCUT2D eigenvalue weighted by molar-refractivity contribution is -0.0235. The second-order valence-electron chi connectivity index (χ2n) is 7.46. The van der Waals surface area contributed by atoms with E-state index >= 15 is 0 Å². The van der Waals surface area contributed by atoms with Crippen molar-refractivity contribution in [1.29, 1.82) is 0 Å². The molecule has 0 bridgehead atoms. The Morgan fingerprint density at radius 3 is 2.66 bits per heavy atom. The molecule has 2 N–H and O–H groups in total. The third kappa shape index (κ3) is 3.76. The molecule has 4 nitrogen and oxygen atoms in total. The number of halogens is 1. The van der Waals surface area contributed by atoms with Crippen molar-refractivity contribution in [3.8, 4) is 11.1 Å². The van der Waals surface area contributed by atoms with Gasteiger partial charge in [-0.1, -0.05) is 48.5 Å². The molecule has 4 rings (SSSR count). The molecule has 5 heteroatoms. The number of rotatable bonds is 4. The molecule has 1 aliphatic rings. The Morgan fingerprint density at radius 1 is 1.10 bits per heavy atom. The normalized spacial score (nSPS) is 16.9. The number of aryl methyl sites for hydroxylation is 1. The largest absolute Gasteiger partial charge is 0.374 e. The minimum atomic E-state index is -0.227. The number of ether oxygens (including phenoxy) is 1. The van der Waals surface area contributed by atoms with Crippen molar-refractivity contribution < 1.29 is 13.9 Å². The Hall–Kier alpha value is -2.76. The van der Waals surface area contributed by atoms with Gasteiger partial charge < -0.3 is 15.4 Å². The first-order valence-electron chi connectivity index (χ1n) is 9.98. The average Bonchev–Trinajstić information content (AvgIpc) is 2.75. The summed E-state index contributed by atoms with van der Waals surface area (Å²) in [7, 11) is 0. The molecule has 0 spiro atoms. The van der Waals surface area contributed by atoms with Gasteiger partial charge in [0.2, 0.25) is 0 Å². The maximum atomic E-state index is 14.8. The monoisotopic (exact) mass is 392 g/mol. The number of morpholine rings is 1. The molecule has 3 aromatic carbocycles. The van der Waals surface area contributed by atoms with Crippen molar-refractivity contribution in [1.82, 2.24) is 4.90 Å². The summed E-state index contributed by atoms with van der Waals surface area (Å²) in [4.78, 5) is 15.1. The van der Waals surface area contributed by atoms with Gasteiger partial charge in [0.1, 0.15) is 5.82 Å². The van der Waals surface area contributed by atoms with Gasteiger partial charge in [-0.2, -0.15) is 0 Å². The van der Waals surface area contributed by atoms with Crippen molar-refractivity contribution in [3.63, 3.8) is 0 Å². The van der Waals surface area contributed by atoms with Crippen LogP contribution in [0.25, 0.3) is 21.9 Å². The fraction of sp³-hybridized carbons (Fsp3) is 0.292. The van der Waals surface area contributed by atoms with Crippen LogP contribution in [0.4, 0.5) is 4.39 Å². The number of hydrogen-bond donors (Lipinski definition) is 1. The van der Waals surface area contributed by atoms with E-state index in [9.17, 15) is 9.18 Å². The molecular formula is C24H25FN2O2. The average molecular weight is 392 g/mol. The number of hydrogen-bond acceptors (Lipinski definition) is 3. The third-order valence-electron chi connectivity index (χ3n) is 5.55. The second-order valence-corrected chi connectivity index (χ2v) is 7.46. The Labute approximate surface area is 170 Å². The molecule has 0 saturated carbocycles. The number of nitrogens with zero attached hydrogens (tertiary/aromatic N) is 1. The molecule has 29 heavy (non-hydrogen) atoms. The predicted molar refractivity (Wildman–Crippen MR) is 113 cm³/mol. The molecule has 3 aromatic rings. The van der Waals surface area contributed by atoms with E-state index in [1.165, 1.54) is 0 Å². The van der Waals surface area contributed by atoms with Crippen LogP contribution in [0.5, 0.6) is 0 Å².